The van der Waals surface area contributed by atoms with Crippen molar-refractivity contribution in [2.45, 2.75) is 26.1 Å². The van der Waals surface area contributed by atoms with Crippen LogP contribution in [0.5, 0.6) is 5.75 Å². The maximum absolute atomic E-state index is 12.6. The van der Waals surface area contributed by atoms with Crippen molar-refractivity contribution in [3.63, 3.8) is 0 Å². The lowest BCUT2D eigenvalue weighted by molar-refractivity contribution is -0.137. The number of carbonyl (C=O) groups excluding carboxylic acids is 2. The molecule has 0 spiro atoms. The minimum Gasteiger partial charge on any atom is -0.495 e. The van der Waals surface area contributed by atoms with Gasteiger partial charge >= 0.3 is 6.18 Å². The van der Waals surface area contributed by atoms with Crippen LogP contribution in [0.15, 0.2) is 42.5 Å². The zero-order chi connectivity index (χ0) is 21.2. The summed E-state index contributed by atoms with van der Waals surface area (Å²) >= 11 is 0. The number of anilines is 1. The van der Waals surface area contributed by atoms with E-state index in [1.54, 1.807) is 6.07 Å². The summed E-state index contributed by atoms with van der Waals surface area (Å²) in [7, 11) is 1.52. The van der Waals surface area contributed by atoms with Crippen molar-refractivity contribution in [3.05, 3.63) is 59.2 Å². The first-order chi connectivity index (χ1) is 13.7. The second-order valence-electron chi connectivity index (χ2n) is 6.99. The molecule has 0 aromatic heterocycles. The third-order valence-electron chi connectivity index (χ3n) is 4.87. The van der Waals surface area contributed by atoms with Gasteiger partial charge in [0.15, 0.2) is 0 Å². The summed E-state index contributed by atoms with van der Waals surface area (Å²) in [6.45, 7) is 2.21. The van der Waals surface area contributed by atoms with Gasteiger partial charge in [-0.15, -0.1) is 0 Å². The Bertz CT molecular complexity index is 910. The van der Waals surface area contributed by atoms with E-state index in [2.05, 4.69) is 5.32 Å². The number of rotatable bonds is 5. The molecule has 8 heteroatoms. The molecule has 29 heavy (non-hydrogen) atoms. The van der Waals surface area contributed by atoms with Crippen molar-refractivity contribution in [1.82, 2.24) is 5.32 Å². The molecule has 5 nitrogen and oxygen atoms in total. The summed E-state index contributed by atoms with van der Waals surface area (Å²) in [6.07, 6.45) is -4.33. The molecule has 3 rings (SSSR count). The minimum atomic E-state index is -4.40. The monoisotopic (exact) mass is 406 g/mol. The lowest BCUT2D eigenvalue weighted by atomic mass is 10.1. The average Bonchev–Trinajstić information content (AvgIpc) is 3.07. The number of ether oxygens (including phenoxy) is 1. The van der Waals surface area contributed by atoms with Gasteiger partial charge < -0.3 is 15.0 Å². The van der Waals surface area contributed by atoms with E-state index >= 15 is 0 Å². The van der Waals surface area contributed by atoms with Crippen molar-refractivity contribution in [1.29, 1.82) is 0 Å². The van der Waals surface area contributed by atoms with Crippen LogP contribution in [0.4, 0.5) is 18.9 Å². The number of hydrogen-bond donors (Lipinski definition) is 1. The van der Waals surface area contributed by atoms with E-state index in [1.165, 1.54) is 24.1 Å². The molecule has 1 aliphatic heterocycles. The van der Waals surface area contributed by atoms with Crippen LogP contribution in [-0.4, -0.2) is 25.5 Å². The molecule has 2 aromatic carbocycles. The summed E-state index contributed by atoms with van der Waals surface area (Å²) in [5, 5.41) is 2.70. The predicted molar refractivity (Wildman–Crippen MR) is 101 cm³/mol. The van der Waals surface area contributed by atoms with Gasteiger partial charge in [-0.2, -0.15) is 13.2 Å². The molecule has 2 amide bonds. The van der Waals surface area contributed by atoms with Gasteiger partial charge in [0.25, 0.3) is 0 Å². The highest BCUT2D eigenvalue weighted by atomic mass is 19.4. The van der Waals surface area contributed by atoms with Crippen molar-refractivity contribution in [2.24, 2.45) is 5.92 Å². The molecule has 1 atom stereocenters. The number of benzene rings is 2. The Hall–Kier alpha value is -3.03. The first-order valence-electron chi connectivity index (χ1n) is 9.08. The van der Waals surface area contributed by atoms with E-state index < -0.39 is 17.7 Å². The van der Waals surface area contributed by atoms with Crippen LogP contribution < -0.4 is 15.0 Å². The zero-order valence-electron chi connectivity index (χ0n) is 16.0. The van der Waals surface area contributed by atoms with Gasteiger partial charge in [-0.3, -0.25) is 9.59 Å². The smallest absolute Gasteiger partial charge is 0.416 e. The van der Waals surface area contributed by atoms with Gasteiger partial charge in [-0.1, -0.05) is 18.2 Å². The maximum Gasteiger partial charge on any atom is 0.416 e. The number of amides is 2. The largest absolute Gasteiger partial charge is 0.495 e. The molecule has 1 heterocycles. The van der Waals surface area contributed by atoms with E-state index in [4.69, 9.17) is 4.74 Å². The van der Waals surface area contributed by atoms with Crippen LogP contribution in [0, 0.1) is 12.8 Å². The molecule has 1 saturated heterocycles. The van der Waals surface area contributed by atoms with Crippen molar-refractivity contribution < 1.29 is 27.5 Å². The molecule has 0 unspecified atom stereocenters. The summed E-state index contributed by atoms with van der Waals surface area (Å²) in [6, 6.07) is 10.1. The van der Waals surface area contributed by atoms with E-state index in [0.29, 0.717) is 17.0 Å². The van der Waals surface area contributed by atoms with Gasteiger partial charge in [0, 0.05) is 19.5 Å². The standard InChI is InChI=1S/C21H21F3N2O3/c1-13-3-8-18(29-2)17(9-13)26-12-15(10-19(26)27)20(28)25-11-14-4-6-16(7-5-14)21(22,23)24/h3-9,15H,10-12H2,1-2H3,(H,25,28)/t15-/m1/s1. The van der Waals surface area contributed by atoms with Crippen LogP contribution in [0.2, 0.25) is 0 Å². The number of carbonyl (C=O) groups is 2. The maximum atomic E-state index is 12.6. The Balaban J connectivity index is 1.63. The Kier molecular flexibility index (Phi) is 5.81. The highest BCUT2D eigenvalue weighted by Crippen LogP contribution is 2.34. The Labute approximate surface area is 166 Å². The number of nitrogens with zero attached hydrogens (tertiary/aromatic N) is 1. The van der Waals surface area contributed by atoms with Crippen molar-refractivity contribution >= 4 is 17.5 Å². The van der Waals surface area contributed by atoms with Crippen LogP contribution in [0.1, 0.15) is 23.1 Å². The van der Waals surface area contributed by atoms with Gasteiger partial charge in [0.05, 0.1) is 24.3 Å². The van der Waals surface area contributed by atoms with Crippen LogP contribution in [-0.2, 0) is 22.3 Å². The third-order valence-corrected chi connectivity index (χ3v) is 4.87. The molecule has 0 aliphatic carbocycles. The molecule has 0 radical (unpaired) electrons. The summed E-state index contributed by atoms with van der Waals surface area (Å²) in [5.74, 6) is -0.479. The quantitative estimate of drug-likeness (QED) is 0.824. The lowest BCUT2D eigenvalue weighted by Gasteiger charge is -2.20. The van der Waals surface area contributed by atoms with Crippen LogP contribution in [0.3, 0.4) is 0 Å². The van der Waals surface area contributed by atoms with Gasteiger partial charge in [-0.25, -0.2) is 0 Å². The fraction of sp³-hybridized carbons (Fsp3) is 0.333. The molecule has 154 valence electrons. The first kappa shape index (κ1) is 20.7. The SMILES string of the molecule is COc1ccc(C)cc1N1C[C@H](C(=O)NCc2ccc(C(F)(F)F)cc2)CC1=O. The Morgan fingerprint density at radius 2 is 1.90 bits per heavy atom. The topological polar surface area (TPSA) is 58.6 Å². The second-order valence-corrected chi connectivity index (χ2v) is 6.99. The van der Waals surface area contributed by atoms with E-state index in [9.17, 15) is 22.8 Å². The van der Waals surface area contributed by atoms with Gasteiger partial charge in [-0.05, 0) is 42.3 Å². The predicted octanol–water partition coefficient (Wildman–Crippen LogP) is 3.69. The van der Waals surface area contributed by atoms with Gasteiger partial charge in [0.1, 0.15) is 5.75 Å². The normalized spacial score (nSPS) is 16.8. The van der Waals surface area contributed by atoms with Crippen molar-refractivity contribution in [2.75, 3.05) is 18.6 Å². The highest BCUT2D eigenvalue weighted by molar-refractivity contribution is 6.01. The Morgan fingerprint density at radius 1 is 1.21 bits per heavy atom. The number of halogens is 3. The number of alkyl halides is 3. The number of methoxy groups -OCH3 is 1. The fourth-order valence-corrected chi connectivity index (χ4v) is 3.27. The van der Waals surface area contributed by atoms with E-state index in [-0.39, 0.29) is 31.3 Å². The van der Waals surface area contributed by atoms with Crippen LogP contribution in [0.25, 0.3) is 0 Å². The number of aryl methyl sites for hydroxylation is 1. The lowest BCUT2D eigenvalue weighted by Crippen LogP contribution is -2.32. The van der Waals surface area contributed by atoms with Crippen molar-refractivity contribution in [3.8, 4) is 5.75 Å². The zero-order valence-corrected chi connectivity index (χ0v) is 16.0. The average molecular weight is 406 g/mol. The molecule has 0 saturated carbocycles. The molecular weight excluding hydrogens is 385 g/mol. The van der Waals surface area contributed by atoms with E-state index in [0.717, 1.165) is 17.7 Å². The first-order valence-corrected chi connectivity index (χ1v) is 9.08. The molecule has 2 aromatic rings. The van der Waals surface area contributed by atoms with E-state index in [1.807, 2.05) is 19.1 Å². The van der Waals surface area contributed by atoms with Crippen LogP contribution >= 0.6 is 0 Å². The number of hydrogen-bond acceptors (Lipinski definition) is 3. The molecular formula is C21H21F3N2O3. The number of nitrogens with one attached hydrogen (secondary N) is 1. The Morgan fingerprint density at radius 3 is 2.52 bits per heavy atom. The highest BCUT2D eigenvalue weighted by Gasteiger charge is 2.36. The molecule has 1 N–H and O–H groups in total. The summed E-state index contributed by atoms with van der Waals surface area (Å²) in [5.41, 5.74) is 1.39. The minimum absolute atomic E-state index is 0.0654. The molecule has 0 bridgehead atoms. The summed E-state index contributed by atoms with van der Waals surface area (Å²) < 4.78 is 43.2. The fourth-order valence-electron chi connectivity index (χ4n) is 3.27. The van der Waals surface area contributed by atoms with Gasteiger partial charge in [0.2, 0.25) is 11.8 Å². The molecule has 1 fully saturated rings. The molecule has 1 aliphatic rings. The second kappa shape index (κ2) is 8.14. The third kappa shape index (κ3) is 4.70. The summed E-state index contributed by atoms with van der Waals surface area (Å²) in [4.78, 5) is 26.5.